The first-order chi connectivity index (χ1) is 16.4. The maximum absolute atomic E-state index is 12.2. The molecular weight excluding hydrogens is 424 g/mol. The molecule has 0 saturated heterocycles. The molecule has 1 fully saturated rings. The summed E-state index contributed by atoms with van der Waals surface area (Å²) in [7, 11) is 0. The molecule has 0 aromatic heterocycles. The lowest BCUT2D eigenvalue weighted by atomic mass is 9.78. The fourth-order valence-electron chi connectivity index (χ4n) is 5.32. The predicted molar refractivity (Wildman–Crippen MR) is 136 cm³/mol. The number of hydrogen-bond donors (Lipinski definition) is 2. The van der Waals surface area contributed by atoms with Crippen LogP contribution in [0.1, 0.15) is 83.7 Å². The smallest absolute Gasteiger partial charge is 0.336 e. The minimum atomic E-state index is -0.986. The van der Waals surface area contributed by atoms with E-state index in [9.17, 15) is 19.8 Å². The van der Waals surface area contributed by atoms with Gasteiger partial charge in [-0.15, -0.1) is 0 Å². The Bertz CT molecular complexity index is 1200. The van der Waals surface area contributed by atoms with Crippen LogP contribution in [0.4, 0.5) is 0 Å². The highest BCUT2D eigenvalue weighted by Gasteiger charge is 2.25. The topological polar surface area (TPSA) is 74.6 Å². The summed E-state index contributed by atoms with van der Waals surface area (Å²) in [5.74, 6) is -1.17. The SMILES string of the molecule is CC(C)Cc1cc(C2CCCCC2)cc(-c2ccccc2C(=O)O)c1-c1ccccc1C(=O)O. The lowest BCUT2D eigenvalue weighted by Crippen LogP contribution is -2.10. The third-order valence-corrected chi connectivity index (χ3v) is 6.82. The zero-order valence-corrected chi connectivity index (χ0v) is 19.9. The number of hydrogen-bond acceptors (Lipinski definition) is 2. The summed E-state index contributed by atoms with van der Waals surface area (Å²) in [5, 5.41) is 19.9. The van der Waals surface area contributed by atoms with E-state index in [1.165, 1.54) is 24.8 Å². The lowest BCUT2D eigenvalue weighted by molar-refractivity contribution is 0.0686. The molecule has 1 saturated carbocycles. The van der Waals surface area contributed by atoms with Crippen molar-refractivity contribution in [1.82, 2.24) is 0 Å². The molecule has 34 heavy (non-hydrogen) atoms. The summed E-state index contributed by atoms with van der Waals surface area (Å²) in [6, 6.07) is 18.5. The minimum Gasteiger partial charge on any atom is -0.478 e. The molecule has 0 bridgehead atoms. The summed E-state index contributed by atoms with van der Waals surface area (Å²) in [4.78, 5) is 24.3. The van der Waals surface area contributed by atoms with E-state index in [1.807, 2.05) is 24.3 Å². The first-order valence-electron chi connectivity index (χ1n) is 12.2. The summed E-state index contributed by atoms with van der Waals surface area (Å²) >= 11 is 0. The first-order valence-corrected chi connectivity index (χ1v) is 12.2. The summed E-state index contributed by atoms with van der Waals surface area (Å²) < 4.78 is 0. The Hall–Kier alpha value is -3.40. The summed E-state index contributed by atoms with van der Waals surface area (Å²) in [6.45, 7) is 4.32. The Labute approximate surface area is 201 Å². The van der Waals surface area contributed by atoms with Gasteiger partial charge in [-0.1, -0.05) is 81.6 Å². The zero-order valence-electron chi connectivity index (χ0n) is 19.9. The highest BCUT2D eigenvalue weighted by Crippen LogP contribution is 2.43. The highest BCUT2D eigenvalue weighted by molar-refractivity contribution is 6.03. The summed E-state index contributed by atoms with van der Waals surface area (Å²) in [5.41, 5.74) is 5.69. The van der Waals surface area contributed by atoms with E-state index in [4.69, 9.17) is 0 Å². The first kappa shape index (κ1) is 23.7. The van der Waals surface area contributed by atoms with E-state index < -0.39 is 11.9 Å². The second-order valence-corrected chi connectivity index (χ2v) is 9.74. The van der Waals surface area contributed by atoms with Crippen LogP contribution in [0, 0.1) is 5.92 Å². The number of carboxylic acid groups (broad SMARTS) is 2. The maximum Gasteiger partial charge on any atom is 0.336 e. The van der Waals surface area contributed by atoms with Gasteiger partial charge in [0.25, 0.3) is 0 Å². The average Bonchev–Trinajstić information content (AvgIpc) is 2.83. The number of carboxylic acids is 2. The van der Waals surface area contributed by atoms with Crippen molar-refractivity contribution in [3.63, 3.8) is 0 Å². The van der Waals surface area contributed by atoms with Gasteiger partial charge in [-0.25, -0.2) is 9.59 Å². The number of benzene rings is 3. The average molecular weight is 457 g/mol. The molecule has 0 unspecified atom stereocenters. The molecule has 3 aromatic carbocycles. The van der Waals surface area contributed by atoms with Gasteiger partial charge in [0.15, 0.2) is 0 Å². The molecule has 4 rings (SSSR count). The van der Waals surface area contributed by atoms with E-state index in [2.05, 4.69) is 26.0 Å². The number of rotatable bonds is 7. The van der Waals surface area contributed by atoms with Gasteiger partial charge in [0, 0.05) is 0 Å². The van der Waals surface area contributed by atoms with Gasteiger partial charge in [-0.2, -0.15) is 0 Å². The molecule has 0 amide bonds. The molecule has 1 aliphatic carbocycles. The van der Waals surface area contributed by atoms with E-state index in [-0.39, 0.29) is 11.1 Å². The van der Waals surface area contributed by atoms with Gasteiger partial charge < -0.3 is 10.2 Å². The second-order valence-electron chi connectivity index (χ2n) is 9.74. The molecule has 2 N–H and O–H groups in total. The normalized spacial score (nSPS) is 14.3. The van der Waals surface area contributed by atoms with Crippen molar-refractivity contribution < 1.29 is 19.8 Å². The van der Waals surface area contributed by atoms with Crippen LogP contribution >= 0.6 is 0 Å². The van der Waals surface area contributed by atoms with Crippen molar-refractivity contribution in [2.75, 3.05) is 0 Å². The van der Waals surface area contributed by atoms with Gasteiger partial charge in [-0.05, 0) is 76.6 Å². The molecule has 0 atom stereocenters. The maximum atomic E-state index is 12.2. The molecule has 0 radical (unpaired) electrons. The van der Waals surface area contributed by atoms with Crippen molar-refractivity contribution in [2.24, 2.45) is 5.92 Å². The van der Waals surface area contributed by atoms with Crippen molar-refractivity contribution in [3.8, 4) is 22.3 Å². The van der Waals surface area contributed by atoms with Crippen LogP contribution in [-0.4, -0.2) is 22.2 Å². The van der Waals surface area contributed by atoms with Crippen LogP contribution in [0.25, 0.3) is 22.3 Å². The van der Waals surface area contributed by atoms with Gasteiger partial charge in [-0.3, -0.25) is 0 Å². The second kappa shape index (κ2) is 10.3. The van der Waals surface area contributed by atoms with Crippen molar-refractivity contribution in [2.45, 2.75) is 58.3 Å². The Morgan fingerprint density at radius 3 is 1.94 bits per heavy atom. The standard InChI is InChI=1S/C30H32O4/c1-19(2)16-22-17-21(20-10-4-3-5-11-20)18-27(23-12-6-8-14-25(23)29(31)32)28(22)24-13-7-9-15-26(24)30(33)34/h6-9,12-15,17-20H,3-5,10-11,16H2,1-2H3,(H,31,32)(H,33,34). The predicted octanol–water partition coefficient (Wildman–Crippen LogP) is 7.66. The van der Waals surface area contributed by atoms with Gasteiger partial charge in [0.05, 0.1) is 11.1 Å². The largest absolute Gasteiger partial charge is 0.478 e. The van der Waals surface area contributed by atoms with Crippen LogP contribution < -0.4 is 0 Å². The molecule has 4 heteroatoms. The molecule has 176 valence electrons. The summed E-state index contributed by atoms with van der Waals surface area (Å²) in [6.07, 6.45) is 6.71. The quantitative estimate of drug-likeness (QED) is 0.383. The Morgan fingerprint density at radius 2 is 1.35 bits per heavy atom. The highest BCUT2D eigenvalue weighted by atomic mass is 16.4. The van der Waals surface area contributed by atoms with Crippen LogP contribution in [0.3, 0.4) is 0 Å². The van der Waals surface area contributed by atoms with Crippen LogP contribution in [-0.2, 0) is 6.42 Å². The van der Waals surface area contributed by atoms with Crippen LogP contribution in [0.15, 0.2) is 60.7 Å². The zero-order chi connectivity index (χ0) is 24.2. The van der Waals surface area contributed by atoms with E-state index in [1.54, 1.807) is 24.3 Å². The van der Waals surface area contributed by atoms with Gasteiger partial charge in [0.2, 0.25) is 0 Å². The molecule has 3 aromatic rings. The van der Waals surface area contributed by atoms with Crippen molar-refractivity contribution in [1.29, 1.82) is 0 Å². The monoisotopic (exact) mass is 456 g/mol. The van der Waals surface area contributed by atoms with Crippen LogP contribution in [0.5, 0.6) is 0 Å². The van der Waals surface area contributed by atoms with E-state index in [0.29, 0.717) is 23.0 Å². The van der Waals surface area contributed by atoms with Gasteiger partial charge >= 0.3 is 11.9 Å². The van der Waals surface area contributed by atoms with Gasteiger partial charge in [0.1, 0.15) is 0 Å². The molecule has 1 aliphatic rings. The molecule has 0 spiro atoms. The Kier molecular flexibility index (Phi) is 7.16. The minimum absolute atomic E-state index is 0.229. The fourth-order valence-corrected chi connectivity index (χ4v) is 5.32. The van der Waals surface area contributed by atoms with E-state index in [0.717, 1.165) is 36.0 Å². The van der Waals surface area contributed by atoms with E-state index >= 15 is 0 Å². The lowest BCUT2D eigenvalue weighted by Gasteiger charge is -2.26. The molecule has 4 nitrogen and oxygen atoms in total. The fraction of sp³-hybridized carbons (Fsp3) is 0.333. The molecule has 0 aliphatic heterocycles. The number of aromatic carboxylic acids is 2. The third-order valence-electron chi connectivity index (χ3n) is 6.82. The Balaban J connectivity index is 2.08. The molecular formula is C30H32O4. The van der Waals surface area contributed by atoms with Crippen LogP contribution in [0.2, 0.25) is 0 Å². The van der Waals surface area contributed by atoms with Crippen molar-refractivity contribution in [3.05, 3.63) is 82.9 Å². The Morgan fingerprint density at radius 1 is 0.794 bits per heavy atom. The van der Waals surface area contributed by atoms with Crippen molar-refractivity contribution >= 4 is 11.9 Å². The number of carbonyl (C=O) groups is 2. The third kappa shape index (κ3) is 4.91. The molecule has 0 heterocycles.